The van der Waals surface area contributed by atoms with E-state index in [-0.39, 0.29) is 125 Å². The van der Waals surface area contributed by atoms with Gasteiger partial charge in [-0.1, -0.05) is 12.1 Å². The van der Waals surface area contributed by atoms with Gasteiger partial charge in [0.15, 0.2) is 23.2 Å². The van der Waals surface area contributed by atoms with Gasteiger partial charge in [-0.15, -0.1) is 12.4 Å². The molecule has 4 aliphatic rings. The first-order valence-electron chi connectivity index (χ1n) is 25.3. The second-order valence-corrected chi connectivity index (χ2v) is 21.0. The number of hydrogen-bond acceptors (Lipinski definition) is 19. The van der Waals surface area contributed by atoms with Gasteiger partial charge >= 0.3 is 18.0 Å². The van der Waals surface area contributed by atoms with Gasteiger partial charge in [0.05, 0.1) is 31.3 Å². The molecule has 31 heteroatoms. The molecule has 2 saturated heterocycles. The number of pyridine rings is 2. The van der Waals surface area contributed by atoms with E-state index in [1.54, 1.807) is 54.0 Å². The number of piperidine rings is 2. The van der Waals surface area contributed by atoms with Crippen molar-refractivity contribution in [3.63, 3.8) is 0 Å². The summed E-state index contributed by atoms with van der Waals surface area (Å²) in [6.07, 6.45) is 9.92. The molecule has 12 rings (SSSR count). The SMILES string of the molecule is COc1ncc(-c2ccc3c(c2)c(C(C)=O)nn3CC(=O)N2[C@@H]3C[C@@H]3C[C@H]2C(=O)Nc2ccc(F)c(Br)n2)cn1.COc1ncc(-c2ccc3c(c2)c(C(C)=O)nn3CC(=O)O)cn1.Cl.O=C(Nc1ccc(F)c(Br)n1)[C@@H]1C[C@H]2C[C@H]2N1.S.S=S. The summed E-state index contributed by atoms with van der Waals surface area (Å²) in [7, 11) is 2.97. The number of fused-ring (bicyclic) bond motifs is 4. The van der Waals surface area contributed by atoms with E-state index >= 15 is 0 Å². The number of aliphatic carboxylic acids is 1. The summed E-state index contributed by atoms with van der Waals surface area (Å²) in [5, 5.41) is 27.4. The Labute approximate surface area is 522 Å². The second kappa shape index (κ2) is 28.1. The second-order valence-electron chi connectivity index (χ2n) is 19.5. The van der Waals surface area contributed by atoms with Crippen LogP contribution in [0, 0.1) is 23.5 Å². The number of carbonyl (C=O) groups is 6. The lowest BCUT2D eigenvalue weighted by Gasteiger charge is -2.26. The van der Waals surface area contributed by atoms with Crippen LogP contribution in [0.1, 0.15) is 60.5 Å². The average molecular weight is 1370 g/mol. The van der Waals surface area contributed by atoms with Gasteiger partial charge in [-0.05, 0) is 129 Å². The minimum Gasteiger partial charge on any atom is -0.480 e. The molecule has 2 aliphatic heterocycles. The maximum absolute atomic E-state index is 13.6. The number of rotatable bonds is 14. The number of likely N-dealkylation sites (tertiary alicyclic amines) is 1. The van der Waals surface area contributed by atoms with Crippen LogP contribution in [-0.4, -0.2) is 133 Å². The number of carboxylic acids is 1. The fraction of sp³-hybridized carbons (Fsp3) is 0.296. The first-order chi connectivity index (χ1) is 39.8. The molecule has 0 spiro atoms. The third-order valence-corrected chi connectivity index (χ3v) is 15.1. The molecular weight excluding hydrogens is 1320 g/mol. The summed E-state index contributed by atoms with van der Waals surface area (Å²) < 4.78 is 39.4. The number of nitrogens with one attached hydrogen (secondary N) is 3. The molecule has 2 aromatic carbocycles. The number of ketones is 2. The average Bonchev–Trinajstić information content (AvgIpc) is 1.66. The lowest BCUT2D eigenvalue weighted by atomic mass is 10.0. The van der Waals surface area contributed by atoms with E-state index in [2.05, 4.69) is 110 Å². The van der Waals surface area contributed by atoms with Gasteiger partial charge in [-0.2, -0.15) is 23.7 Å². The van der Waals surface area contributed by atoms with E-state index in [1.165, 1.54) is 68.1 Å². The van der Waals surface area contributed by atoms with Gasteiger partial charge in [-0.3, -0.25) is 38.1 Å². The lowest BCUT2D eigenvalue weighted by Crippen LogP contribution is -2.46. The van der Waals surface area contributed by atoms with Gasteiger partial charge in [-0.25, -0.2) is 38.7 Å². The maximum atomic E-state index is 13.6. The fourth-order valence-electron chi connectivity index (χ4n) is 9.93. The molecular formula is C54H51Br2ClF2N14O9S3. The molecule has 6 aromatic heterocycles. The summed E-state index contributed by atoms with van der Waals surface area (Å²) in [4.78, 5) is 99.7. The molecule has 0 bridgehead atoms. The van der Waals surface area contributed by atoms with Crippen molar-refractivity contribution in [3.8, 4) is 34.3 Å². The summed E-state index contributed by atoms with van der Waals surface area (Å²) in [6.45, 7) is 2.38. The van der Waals surface area contributed by atoms with E-state index in [1.807, 2.05) is 12.1 Å². The topological polar surface area (TPSA) is 293 Å². The molecule has 8 heterocycles. The predicted molar refractivity (Wildman–Crippen MR) is 326 cm³/mol. The van der Waals surface area contributed by atoms with Crippen LogP contribution in [0.25, 0.3) is 44.1 Å². The zero-order valence-electron chi connectivity index (χ0n) is 45.2. The van der Waals surface area contributed by atoms with Crippen LogP contribution in [0.2, 0.25) is 0 Å². The Morgan fingerprint density at radius 3 is 1.55 bits per heavy atom. The Morgan fingerprint density at radius 2 is 1.13 bits per heavy atom. The summed E-state index contributed by atoms with van der Waals surface area (Å²) >= 11 is 13.3. The predicted octanol–water partition coefficient (Wildman–Crippen LogP) is 7.62. The number of aromatic nitrogens is 10. The van der Waals surface area contributed by atoms with Crippen molar-refractivity contribution in [1.82, 2.24) is 59.7 Å². The molecule has 0 radical (unpaired) electrons. The summed E-state index contributed by atoms with van der Waals surface area (Å²) in [6, 6.07) is 16.3. The first kappa shape index (κ1) is 65.1. The molecule has 444 valence electrons. The van der Waals surface area contributed by atoms with Gasteiger partial charge in [0, 0.05) is 95.0 Å². The monoisotopic (exact) mass is 1370 g/mol. The van der Waals surface area contributed by atoms with Crippen molar-refractivity contribution in [2.24, 2.45) is 11.8 Å². The molecule has 8 aromatic rings. The van der Waals surface area contributed by atoms with Crippen LogP contribution in [-0.2, 0) is 54.6 Å². The van der Waals surface area contributed by atoms with E-state index in [9.17, 15) is 37.5 Å². The standard InChI is InChI=1S/C27H23BrFN7O4.C16H14N4O4.C11H11BrFN3O.ClH.S2.H2S/c1-13(37)24-17-7-14(16-10-30-27(40-2)31-11-16)3-5-19(17)35(34-24)12-23(38)36-20-8-15(20)9-21(36)26(39)33-22-6-4-18(29)25(28)32-22;1-9(21)15-12-5-10(11-6-17-16(24-2)18-7-11)3-4-13(12)20(19-15)8-14(22)23;12-10-6(13)1-2-9(15-10)16-11(17)8-4-5-3-7(5)14-8;;1-2;/h3-7,10-11,15,20-21H,8-9,12H2,1-2H3,(H,32,33,39);3-7H,8H2,1-2H3,(H,22,23);1-2,5,7-8,14H,3-4H2,(H,15,16,17);1H;;1H2/t15-,20-,21+;;5-,7-,8+;;;/m1.1.../s1. The highest BCUT2D eigenvalue weighted by Gasteiger charge is 2.56. The number of amides is 3. The molecule has 3 amide bonds. The zero-order chi connectivity index (χ0) is 59.4. The Bertz CT molecular complexity index is 3850. The molecule has 6 atom stereocenters. The number of Topliss-reactive ketones (excluding diaryl/α,β-unsaturated/α-hetero) is 2. The Balaban J connectivity index is 0.000000195. The number of ether oxygens (including phenoxy) is 2. The third-order valence-electron chi connectivity index (χ3n) is 14.0. The molecule has 23 nitrogen and oxygen atoms in total. The summed E-state index contributed by atoms with van der Waals surface area (Å²) in [5.41, 5.74) is 4.73. The van der Waals surface area contributed by atoms with Crippen molar-refractivity contribution in [2.45, 2.75) is 76.8 Å². The summed E-state index contributed by atoms with van der Waals surface area (Å²) in [5.74, 6) is -1.75. The Morgan fingerprint density at radius 1 is 0.659 bits per heavy atom. The number of anilines is 2. The number of carbonyl (C=O) groups excluding carboxylic acids is 5. The lowest BCUT2D eigenvalue weighted by molar-refractivity contribution is -0.138. The van der Waals surface area contributed by atoms with Crippen LogP contribution in [0.4, 0.5) is 20.4 Å². The quantitative estimate of drug-likeness (QED) is 0.0601. The number of benzene rings is 2. The molecule has 2 saturated carbocycles. The van der Waals surface area contributed by atoms with Crippen molar-refractivity contribution < 1.29 is 52.1 Å². The highest BCUT2D eigenvalue weighted by molar-refractivity contribution is 9.10. The normalized spacial score (nSPS) is 18.2. The van der Waals surface area contributed by atoms with Gasteiger partial charge in [0.1, 0.15) is 51.4 Å². The van der Waals surface area contributed by atoms with E-state index in [0.29, 0.717) is 46.0 Å². The van der Waals surface area contributed by atoms with Gasteiger partial charge in [0.2, 0.25) is 17.7 Å². The van der Waals surface area contributed by atoms with Crippen molar-refractivity contribution in [2.75, 3.05) is 24.9 Å². The van der Waals surface area contributed by atoms with Gasteiger partial charge in [0.25, 0.3) is 0 Å². The zero-order valence-corrected chi connectivity index (χ0v) is 51.8. The van der Waals surface area contributed by atoms with Crippen LogP contribution in [0.15, 0.2) is 94.7 Å². The molecule has 0 unspecified atom stereocenters. The molecule has 85 heavy (non-hydrogen) atoms. The molecule has 4 fully saturated rings. The number of methoxy groups -OCH3 is 2. The van der Waals surface area contributed by atoms with Crippen molar-refractivity contribution in [3.05, 3.63) is 118 Å². The van der Waals surface area contributed by atoms with Crippen molar-refractivity contribution >= 4 is 149 Å². The molecule has 2 aliphatic carbocycles. The smallest absolute Gasteiger partial charge is 0.325 e. The Kier molecular flexibility index (Phi) is 21.5. The van der Waals surface area contributed by atoms with Crippen molar-refractivity contribution in [1.29, 1.82) is 0 Å². The van der Waals surface area contributed by atoms with Crippen LogP contribution < -0.4 is 25.4 Å². The van der Waals surface area contributed by atoms with Gasteiger partial charge < -0.3 is 35.4 Å². The Hall–Kier alpha value is -7.48. The highest BCUT2D eigenvalue weighted by Crippen LogP contribution is 2.48. The minimum absolute atomic E-state index is 0. The number of nitrogens with zero attached hydrogens (tertiary/aromatic N) is 11. The largest absolute Gasteiger partial charge is 0.480 e. The molecule has 4 N–H and O–H groups in total. The maximum Gasteiger partial charge on any atom is 0.325 e. The van der Waals surface area contributed by atoms with Crippen LogP contribution >= 0.6 is 57.8 Å². The van der Waals surface area contributed by atoms with Crippen LogP contribution in [0.3, 0.4) is 0 Å². The van der Waals surface area contributed by atoms with E-state index < -0.39 is 23.6 Å². The number of hydrogen-bond donors (Lipinski definition) is 4. The number of halogens is 5. The first-order valence-corrected chi connectivity index (χ1v) is 28.3. The highest BCUT2D eigenvalue weighted by atomic mass is 79.9. The van der Waals surface area contributed by atoms with E-state index in [4.69, 9.17) is 14.6 Å². The fourth-order valence-corrected chi connectivity index (χ4v) is 10.6. The third kappa shape index (κ3) is 15.0. The van der Waals surface area contributed by atoms with E-state index in [0.717, 1.165) is 35.1 Å². The minimum atomic E-state index is -1.03. The van der Waals surface area contributed by atoms with Crippen LogP contribution in [0.5, 0.6) is 12.0 Å². The number of carboxylic acid groups (broad SMARTS) is 1.